The summed E-state index contributed by atoms with van der Waals surface area (Å²) in [5.74, 6) is 0.0186. The number of carbonyl (C=O) groups is 2. The topological polar surface area (TPSA) is 87.7 Å². The highest BCUT2D eigenvalue weighted by Crippen LogP contribution is 2.28. The van der Waals surface area contributed by atoms with Gasteiger partial charge in [-0.25, -0.2) is 4.79 Å². The average molecular weight is 648 g/mol. The maximum atomic E-state index is 13.0. The first-order valence-corrected chi connectivity index (χ1v) is 12.5. The average Bonchev–Trinajstić information content (AvgIpc) is 2.77. The summed E-state index contributed by atoms with van der Waals surface area (Å²) in [4.78, 5) is 25.5. The minimum Gasteiger partial charge on any atom is -0.506 e. The van der Waals surface area contributed by atoms with Gasteiger partial charge in [-0.1, -0.05) is 49.6 Å². The van der Waals surface area contributed by atoms with Gasteiger partial charge in [0.15, 0.2) is 0 Å². The molecule has 0 spiro atoms. The SMILES string of the molecule is O=C(N[C@@H](Cc1cc(I)c(O)c(I)c1)C(=O)NC1CCCCC1)OCc1ccccc1. The fourth-order valence-electron chi connectivity index (χ4n) is 3.64. The molecule has 0 heterocycles. The van der Waals surface area contributed by atoms with Gasteiger partial charge in [-0.3, -0.25) is 4.79 Å². The lowest BCUT2D eigenvalue weighted by Crippen LogP contribution is -2.51. The van der Waals surface area contributed by atoms with Crippen LogP contribution in [-0.4, -0.2) is 29.2 Å². The van der Waals surface area contributed by atoms with Crippen molar-refractivity contribution in [2.24, 2.45) is 0 Å². The van der Waals surface area contributed by atoms with E-state index in [2.05, 4.69) is 55.8 Å². The van der Waals surface area contributed by atoms with Gasteiger partial charge in [-0.2, -0.15) is 0 Å². The highest BCUT2D eigenvalue weighted by atomic mass is 127. The van der Waals surface area contributed by atoms with Gasteiger partial charge in [-0.05, 0) is 81.3 Å². The van der Waals surface area contributed by atoms with Crippen molar-refractivity contribution in [3.05, 3.63) is 60.7 Å². The molecular formula is C23H26I2N2O4. The van der Waals surface area contributed by atoms with Crippen LogP contribution in [0.25, 0.3) is 0 Å². The Labute approximate surface area is 209 Å². The van der Waals surface area contributed by atoms with Crippen molar-refractivity contribution in [2.75, 3.05) is 0 Å². The number of amides is 2. The molecule has 0 unspecified atom stereocenters. The van der Waals surface area contributed by atoms with Crippen molar-refractivity contribution in [1.82, 2.24) is 10.6 Å². The summed E-state index contributed by atoms with van der Waals surface area (Å²) in [7, 11) is 0. The Morgan fingerprint density at radius 3 is 2.32 bits per heavy atom. The molecule has 6 nitrogen and oxygen atoms in total. The Morgan fingerprint density at radius 1 is 1.03 bits per heavy atom. The third-order valence-electron chi connectivity index (χ3n) is 5.29. The number of hydrogen-bond donors (Lipinski definition) is 3. The second-order valence-corrected chi connectivity index (χ2v) is 10.0. The van der Waals surface area contributed by atoms with E-state index in [0.29, 0.717) is 13.6 Å². The molecule has 166 valence electrons. The molecule has 31 heavy (non-hydrogen) atoms. The van der Waals surface area contributed by atoms with Gasteiger partial charge in [0, 0.05) is 12.5 Å². The summed E-state index contributed by atoms with van der Waals surface area (Å²) < 4.78 is 6.74. The standard InChI is InChI=1S/C23H26I2N2O4/c24-18-11-16(12-19(25)21(18)28)13-20(22(29)26-17-9-5-2-6-10-17)27-23(30)31-14-15-7-3-1-4-8-15/h1,3-4,7-8,11-12,17,20,28H,2,5-6,9-10,13-14H2,(H,26,29)(H,27,30)/t20-/m0/s1. The number of alkyl carbamates (subject to hydrolysis) is 1. The number of phenols is 1. The number of rotatable bonds is 7. The molecule has 1 saturated carbocycles. The van der Waals surface area contributed by atoms with E-state index in [0.717, 1.165) is 36.8 Å². The molecule has 0 aliphatic heterocycles. The van der Waals surface area contributed by atoms with E-state index in [1.54, 1.807) is 0 Å². The maximum Gasteiger partial charge on any atom is 0.408 e. The molecular weight excluding hydrogens is 622 g/mol. The van der Waals surface area contributed by atoms with E-state index >= 15 is 0 Å². The predicted octanol–water partition coefficient (Wildman–Crippen LogP) is 4.89. The molecule has 2 aromatic rings. The highest BCUT2D eigenvalue weighted by molar-refractivity contribution is 14.1. The molecule has 2 amide bonds. The number of hydrogen-bond acceptors (Lipinski definition) is 4. The fourth-order valence-corrected chi connectivity index (χ4v) is 5.53. The Morgan fingerprint density at radius 2 is 1.68 bits per heavy atom. The van der Waals surface area contributed by atoms with Crippen LogP contribution in [0, 0.1) is 7.14 Å². The third-order valence-corrected chi connectivity index (χ3v) is 6.93. The fraction of sp³-hybridized carbons (Fsp3) is 0.391. The minimum atomic E-state index is -0.763. The number of phenolic OH excluding ortho intramolecular Hbond substituents is 1. The zero-order valence-electron chi connectivity index (χ0n) is 17.1. The van der Waals surface area contributed by atoms with Crippen molar-refractivity contribution in [1.29, 1.82) is 0 Å². The van der Waals surface area contributed by atoms with Crippen LogP contribution in [0.5, 0.6) is 5.75 Å². The number of halogens is 2. The molecule has 0 radical (unpaired) electrons. The van der Waals surface area contributed by atoms with Gasteiger partial charge < -0.3 is 20.5 Å². The van der Waals surface area contributed by atoms with Crippen molar-refractivity contribution in [3.8, 4) is 5.75 Å². The van der Waals surface area contributed by atoms with Gasteiger partial charge in [0.05, 0.1) is 7.14 Å². The van der Waals surface area contributed by atoms with E-state index in [1.165, 1.54) is 6.42 Å². The second kappa shape index (κ2) is 11.9. The zero-order valence-corrected chi connectivity index (χ0v) is 21.4. The summed E-state index contributed by atoms with van der Waals surface area (Å²) in [5, 5.41) is 15.9. The number of benzene rings is 2. The Hall–Kier alpha value is -1.56. The van der Waals surface area contributed by atoms with Crippen LogP contribution in [0.2, 0.25) is 0 Å². The monoisotopic (exact) mass is 648 g/mol. The van der Waals surface area contributed by atoms with Gasteiger partial charge in [0.2, 0.25) is 5.91 Å². The first kappa shape index (κ1) is 24.1. The van der Waals surface area contributed by atoms with Crippen LogP contribution in [0.4, 0.5) is 4.79 Å². The molecule has 1 atom stereocenters. The molecule has 1 aliphatic carbocycles. The van der Waals surface area contributed by atoms with Crippen LogP contribution in [0.1, 0.15) is 43.2 Å². The molecule has 3 N–H and O–H groups in total. The van der Waals surface area contributed by atoms with E-state index in [9.17, 15) is 14.7 Å². The Kier molecular flexibility index (Phi) is 9.24. The van der Waals surface area contributed by atoms with Crippen molar-refractivity contribution in [3.63, 3.8) is 0 Å². The van der Waals surface area contributed by atoms with Gasteiger partial charge >= 0.3 is 6.09 Å². The van der Waals surface area contributed by atoms with E-state index in [-0.39, 0.29) is 24.3 Å². The molecule has 3 rings (SSSR count). The van der Waals surface area contributed by atoms with Gasteiger partial charge in [0.1, 0.15) is 18.4 Å². The largest absolute Gasteiger partial charge is 0.506 e. The Balaban J connectivity index is 1.68. The lowest BCUT2D eigenvalue weighted by atomic mass is 9.95. The molecule has 1 fully saturated rings. The van der Waals surface area contributed by atoms with Crippen LogP contribution in [-0.2, 0) is 22.6 Å². The number of ether oxygens (including phenoxy) is 1. The molecule has 0 bridgehead atoms. The van der Waals surface area contributed by atoms with Crippen LogP contribution in [0.15, 0.2) is 42.5 Å². The molecule has 0 saturated heterocycles. The van der Waals surface area contributed by atoms with Crippen molar-refractivity contribution >= 4 is 57.2 Å². The molecule has 2 aromatic carbocycles. The number of aromatic hydroxyl groups is 1. The lowest BCUT2D eigenvalue weighted by Gasteiger charge is -2.26. The minimum absolute atomic E-state index is 0.138. The maximum absolute atomic E-state index is 13.0. The second-order valence-electron chi connectivity index (χ2n) is 7.71. The number of nitrogens with one attached hydrogen (secondary N) is 2. The first-order valence-electron chi connectivity index (χ1n) is 10.4. The summed E-state index contributed by atoms with van der Waals surface area (Å²) in [5.41, 5.74) is 1.74. The van der Waals surface area contributed by atoms with Crippen molar-refractivity contribution in [2.45, 2.75) is 57.2 Å². The summed E-state index contributed by atoms with van der Waals surface area (Å²) in [6.07, 6.45) is 5.02. The molecule has 1 aliphatic rings. The van der Waals surface area contributed by atoms with E-state index < -0.39 is 12.1 Å². The summed E-state index contributed by atoms with van der Waals surface area (Å²) in [6.45, 7) is 0.138. The van der Waals surface area contributed by atoms with Gasteiger partial charge in [-0.15, -0.1) is 0 Å². The normalized spacial score (nSPS) is 15.2. The van der Waals surface area contributed by atoms with E-state index in [4.69, 9.17) is 4.74 Å². The van der Waals surface area contributed by atoms with Gasteiger partial charge in [0.25, 0.3) is 0 Å². The number of carbonyl (C=O) groups excluding carboxylic acids is 2. The third kappa shape index (κ3) is 7.51. The van der Waals surface area contributed by atoms with Crippen LogP contribution >= 0.6 is 45.2 Å². The summed E-state index contributed by atoms with van der Waals surface area (Å²) >= 11 is 4.12. The smallest absolute Gasteiger partial charge is 0.408 e. The highest BCUT2D eigenvalue weighted by Gasteiger charge is 2.25. The molecule has 8 heteroatoms. The predicted molar refractivity (Wildman–Crippen MR) is 136 cm³/mol. The summed E-state index contributed by atoms with van der Waals surface area (Å²) in [6, 6.07) is 12.5. The quantitative estimate of drug-likeness (QED) is 0.374. The Bertz CT molecular complexity index is 879. The molecule has 0 aromatic heterocycles. The van der Waals surface area contributed by atoms with Crippen LogP contribution in [0.3, 0.4) is 0 Å². The zero-order chi connectivity index (χ0) is 22.2. The van der Waals surface area contributed by atoms with E-state index in [1.807, 2.05) is 42.5 Å². The van der Waals surface area contributed by atoms with Crippen LogP contribution < -0.4 is 10.6 Å². The van der Waals surface area contributed by atoms with Crippen molar-refractivity contribution < 1.29 is 19.4 Å². The first-order chi connectivity index (χ1) is 14.9. The lowest BCUT2D eigenvalue weighted by molar-refractivity contribution is -0.124.